The van der Waals surface area contributed by atoms with Gasteiger partial charge < -0.3 is 5.11 Å². The topological polar surface area (TPSA) is 68.0 Å². The third kappa shape index (κ3) is 2.00. The van der Waals surface area contributed by atoms with Crippen LogP contribution < -0.4 is 0 Å². The van der Waals surface area contributed by atoms with Crippen LogP contribution in [-0.4, -0.2) is 26.1 Å². The lowest BCUT2D eigenvalue weighted by Gasteiger charge is -2.09. The van der Waals surface area contributed by atoms with E-state index in [1.54, 1.807) is 0 Å². The number of aromatic nitrogens is 3. The van der Waals surface area contributed by atoms with Crippen molar-refractivity contribution in [1.82, 2.24) is 15.0 Å². The van der Waals surface area contributed by atoms with E-state index in [-0.39, 0.29) is 12.5 Å². The van der Waals surface area contributed by atoms with Crippen LogP contribution in [0.5, 0.6) is 0 Å². The summed E-state index contributed by atoms with van der Waals surface area (Å²) in [5, 5.41) is 14.9. The van der Waals surface area contributed by atoms with Gasteiger partial charge in [0.1, 0.15) is 0 Å². The van der Waals surface area contributed by atoms with Crippen LogP contribution in [0, 0.1) is 5.92 Å². The van der Waals surface area contributed by atoms with Crippen LogP contribution in [0.2, 0.25) is 0 Å². The molecule has 1 N–H and O–H groups in total. The number of rotatable bonds is 3. The molecule has 0 bridgehead atoms. The fraction of sp³-hybridized carbons (Fsp3) is 0.625. The lowest BCUT2D eigenvalue weighted by Crippen LogP contribution is -2.19. The fourth-order valence-corrected chi connectivity index (χ4v) is 1.41. The Morgan fingerprint density at radius 3 is 2.56 bits per heavy atom. The van der Waals surface area contributed by atoms with E-state index in [1.807, 2.05) is 0 Å². The Balaban J connectivity index is 2.40. The molecule has 1 heterocycles. The van der Waals surface area contributed by atoms with Gasteiger partial charge in [-0.3, -0.25) is 0 Å². The molecule has 5 nitrogen and oxygen atoms in total. The molecule has 0 unspecified atom stereocenters. The Morgan fingerprint density at radius 1 is 1.50 bits per heavy atom. The SMILES string of the molecule is O=C(O)c1nnn(CC2CC2)c1C(F)(F)F. The lowest BCUT2D eigenvalue weighted by atomic mass is 10.3. The highest BCUT2D eigenvalue weighted by atomic mass is 19.4. The third-order valence-electron chi connectivity index (χ3n) is 2.33. The standard InChI is InChI=1S/C8H8F3N3O2/c9-8(10,11)6-5(7(15)16)12-13-14(6)3-4-1-2-4/h4H,1-3H2,(H,15,16). The molecule has 88 valence electrons. The molecule has 0 aromatic carbocycles. The summed E-state index contributed by atoms with van der Waals surface area (Å²) in [6.45, 7) is 0.0785. The summed E-state index contributed by atoms with van der Waals surface area (Å²) in [6, 6.07) is 0. The number of carboxylic acid groups (broad SMARTS) is 1. The second-order valence-electron chi connectivity index (χ2n) is 3.72. The smallest absolute Gasteiger partial charge is 0.435 e. The molecule has 0 spiro atoms. The minimum atomic E-state index is -4.74. The van der Waals surface area contributed by atoms with Gasteiger partial charge in [0.2, 0.25) is 5.69 Å². The summed E-state index contributed by atoms with van der Waals surface area (Å²) in [5.41, 5.74) is -2.31. The molecule has 2 rings (SSSR count). The van der Waals surface area contributed by atoms with Crippen LogP contribution in [0.25, 0.3) is 0 Å². The van der Waals surface area contributed by atoms with E-state index < -0.39 is 23.5 Å². The molecule has 0 atom stereocenters. The average molecular weight is 235 g/mol. The molecule has 1 saturated carbocycles. The summed E-state index contributed by atoms with van der Waals surface area (Å²) >= 11 is 0. The summed E-state index contributed by atoms with van der Waals surface area (Å²) in [6.07, 6.45) is -3.05. The minimum Gasteiger partial charge on any atom is -0.476 e. The maximum Gasteiger partial charge on any atom is 0.435 e. The van der Waals surface area contributed by atoms with Crippen molar-refractivity contribution in [2.75, 3.05) is 0 Å². The summed E-state index contributed by atoms with van der Waals surface area (Å²) in [7, 11) is 0. The second kappa shape index (κ2) is 3.46. The molecule has 0 radical (unpaired) electrons. The van der Waals surface area contributed by atoms with Gasteiger partial charge in [0.15, 0.2) is 5.69 Å². The molecule has 0 aliphatic heterocycles. The van der Waals surface area contributed by atoms with E-state index in [9.17, 15) is 18.0 Å². The molecule has 1 aliphatic carbocycles. The third-order valence-corrected chi connectivity index (χ3v) is 2.33. The first-order valence-corrected chi connectivity index (χ1v) is 4.63. The van der Waals surface area contributed by atoms with Crippen molar-refractivity contribution in [3.05, 3.63) is 11.4 Å². The maximum atomic E-state index is 12.6. The molecule has 1 aliphatic rings. The molecule has 0 amide bonds. The zero-order valence-corrected chi connectivity index (χ0v) is 8.03. The Hall–Kier alpha value is -1.60. The van der Waals surface area contributed by atoms with Crippen molar-refractivity contribution in [2.45, 2.75) is 25.6 Å². The van der Waals surface area contributed by atoms with Crippen LogP contribution in [0.3, 0.4) is 0 Å². The second-order valence-corrected chi connectivity index (χ2v) is 3.72. The maximum absolute atomic E-state index is 12.6. The van der Waals surface area contributed by atoms with E-state index in [2.05, 4.69) is 10.3 Å². The number of carbonyl (C=O) groups is 1. The molecule has 8 heteroatoms. The van der Waals surface area contributed by atoms with Crippen molar-refractivity contribution < 1.29 is 23.1 Å². The predicted molar refractivity (Wildman–Crippen MR) is 44.7 cm³/mol. The molecule has 16 heavy (non-hydrogen) atoms. The number of carboxylic acids is 1. The number of aromatic carboxylic acids is 1. The Kier molecular flexibility index (Phi) is 2.36. The van der Waals surface area contributed by atoms with Crippen LogP contribution in [0.15, 0.2) is 0 Å². The minimum absolute atomic E-state index is 0.0785. The summed E-state index contributed by atoms with van der Waals surface area (Å²) in [5.74, 6) is -1.56. The molecular formula is C8H8F3N3O2. The number of nitrogens with zero attached hydrogens (tertiary/aromatic N) is 3. The summed E-state index contributed by atoms with van der Waals surface area (Å²) in [4.78, 5) is 10.6. The number of hydrogen-bond donors (Lipinski definition) is 1. The van der Waals surface area contributed by atoms with Gasteiger partial charge in [0, 0.05) is 6.54 Å². The fourth-order valence-electron chi connectivity index (χ4n) is 1.41. The number of alkyl halides is 3. The average Bonchev–Trinajstić information content (AvgIpc) is 2.79. The summed E-state index contributed by atoms with van der Waals surface area (Å²) < 4.78 is 38.5. The van der Waals surface area contributed by atoms with Crippen molar-refractivity contribution >= 4 is 5.97 Å². The predicted octanol–water partition coefficient (Wildman–Crippen LogP) is 1.41. The van der Waals surface area contributed by atoms with Crippen LogP contribution in [-0.2, 0) is 12.7 Å². The van der Waals surface area contributed by atoms with Crippen LogP contribution in [0.1, 0.15) is 29.0 Å². The molecule has 1 fully saturated rings. The van der Waals surface area contributed by atoms with Gasteiger partial charge in [0.05, 0.1) is 0 Å². The zero-order valence-electron chi connectivity index (χ0n) is 8.03. The molecule has 0 saturated heterocycles. The molecule has 1 aromatic rings. The van der Waals surface area contributed by atoms with Crippen molar-refractivity contribution in [3.8, 4) is 0 Å². The van der Waals surface area contributed by atoms with E-state index in [1.165, 1.54) is 0 Å². The van der Waals surface area contributed by atoms with Crippen molar-refractivity contribution in [2.24, 2.45) is 5.92 Å². The highest BCUT2D eigenvalue weighted by molar-refractivity contribution is 5.86. The molecular weight excluding hydrogens is 227 g/mol. The van der Waals surface area contributed by atoms with Gasteiger partial charge in [-0.1, -0.05) is 5.21 Å². The van der Waals surface area contributed by atoms with Gasteiger partial charge in [-0.25, -0.2) is 9.48 Å². The monoisotopic (exact) mass is 235 g/mol. The number of halogens is 3. The quantitative estimate of drug-likeness (QED) is 0.859. The Labute approximate surface area is 87.9 Å². The van der Waals surface area contributed by atoms with Crippen molar-refractivity contribution in [1.29, 1.82) is 0 Å². The van der Waals surface area contributed by atoms with E-state index >= 15 is 0 Å². The first-order valence-electron chi connectivity index (χ1n) is 4.63. The Bertz CT molecular complexity index is 423. The van der Waals surface area contributed by atoms with Crippen LogP contribution >= 0.6 is 0 Å². The van der Waals surface area contributed by atoms with E-state index in [0.717, 1.165) is 12.8 Å². The highest BCUT2D eigenvalue weighted by Gasteiger charge is 2.42. The van der Waals surface area contributed by atoms with Gasteiger partial charge in [-0.15, -0.1) is 5.10 Å². The lowest BCUT2D eigenvalue weighted by molar-refractivity contribution is -0.144. The van der Waals surface area contributed by atoms with Gasteiger partial charge in [-0.2, -0.15) is 13.2 Å². The van der Waals surface area contributed by atoms with Gasteiger partial charge in [-0.05, 0) is 18.8 Å². The van der Waals surface area contributed by atoms with Crippen LogP contribution in [0.4, 0.5) is 13.2 Å². The normalized spacial score (nSPS) is 16.4. The zero-order chi connectivity index (χ0) is 11.9. The van der Waals surface area contributed by atoms with Gasteiger partial charge >= 0.3 is 12.1 Å². The largest absolute Gasteiger partial charge is 0.476 e. The van der Waals surface area contributed by atoms with Gasteiger partial charge in [0.25, 0.3) is 0 Å². The van der Waals surface area contributed by atoms with Crippen molar-refractivity contribution in [3.63, 3.8) is 0 Å². The van der Waals surface area contributed by atoms with E-state index in [4.69, 9.17) is 5.11 Å². The van der Waals surface area contributed by atoms with E-state index in [0.29, 0.717) is 4.68 Å². The number of hydrogen-bond acceptors (Lipinski definition) is 3. The molecule has 1 aromatic heterocycles. The Morgan fingerprint density at radius 2 is 2.12 bits per heavy atom. The first-order chi connectivity index (χ1) is 7.39. The highest BCUT2D eigenvalue weighted by Crippen LogP contribution is 2.35. The first kappa shape index (κ1) is 10.9.